The van der Waals surface area contributed by atoms with E-state index in [1.165, 1.54) is 19.3 Å². The lowest BCUT2D eigenvalue weighted by atomic mass is 10.1. The number of likely N-dealkylation sites (tertiary alicyclic amines) is 1. The van der Waals surface area contributed by atoms with Gasteiger partial charge in [0.05, 0.1) is 42.0 Å². The topological polar surface area (TPSA) is 97.7 Å². The van der Waals surface area contributed by atoms with Crippen molar-refractivity contribution in [3.63, 3.8) is 0 Å². The second-order valence-electron chi connectivity index (χ2n) is 8.88. The molecule has 0 saturated carbocycles. The Bertz CT molecular complexity index is 1350. The van der Waals surface area contributed by atoms with Gasteiger partial charge in [-0.15, -0.1) is 0 Å². The van der Waals surface area contributed by atoms with Crippen molar-refractivity contribution in [1.82, 2.24) is 19.9 Å². The molecule has 0 bridgehead atoms. The first-order chi connectivity index (χ1) is 18.0. The number of fused-ring (bicyclic) bond motifs is 1. The zero-order chi connectivity index (χ0) is 25.9. The molecule has 1 aromatic carbocycles. The van der Waals surface area contributed by atoms with E-state index < -0.39 is 5.82 Å². The first-order valence-electron chi connectivity index (χ1n) is 12.1. The molecular formula is C27H28FN5O4. The monoisotopic (exact) mass is 505 g/mol. The number of para-hydroxylation sites is 1. The third kappa shape index (κ3) is 4.62. The van der Waals surface area contributed by atoms with Crippen LogP contribution in [0.15, 0.2) is 55.4 Å². The van der Waals surface area contributed by atoms with E-state index in [1.807, 2.05) is 0 Å². The van der Waals surface area contributed by atoms with Gasteiger partial charge in [-0.05, 0) is 43.2 Å². The second-order valence-corrected chi connectivity index (χ2v) is 8.88. The Morgan fingerprint density at radius 3 is 3.03 bits per heavy atom. The Kier molecular flexibility index (Phi) is 6.80. The van der Waals surface area contributed by atoms with Crippen LogP contribution in [0.1, 0.15) is 28.9 Å². The number of nitrogens with zero attached hydrogens (tertiary/aromatic N) is 3. The summed E-state index contributed by atoms with van der Waals surface area (Å²) < 4.78 is 27.7. The Balaban J connectivity index is 1.53. The van der Waals surface area contributed by atoms with Crippen molar-refractivity contribution in [3.8, 4) is 22.8 Å². The number of carbonyl (C=O) groups excluding carboxylic acids is 2. The maximum atomic E-state index is 14.4. The number of amides is 2. The molecule has 9 nitrogen and oxygen atoms in total. The maximum absolute atomic E-state index is 14.4. The molecule has 1 saturated heterocycles. The molecule has 0 aliphatic carbocycles. The van der Waals surface area contributed by atoms with Gasteiger partial charge in [0.25, 0.3) is 5.91 Å². The van der Waals surface area contributed by atoms with E-state index in [0.717, 1.165) is 18.5 Å². The van der Waals surface area contributed by atoms with Crippen LogP contribution in [0.4, 0.5) is 10.1 Å². The molecule has 3 aromatic rings. The largest absolute Gasteiger partial charge is 0.492 e. The number of anilines is 1. The second kappa shape index (κ2) is 10.3. The number of pyridine rings is 1. The van der Waals surface area contributed by atoms with Gasteiger partial charge in [0.1, 0.15) is 12.4 Å². The highest BCUT2D eigenvalue weighted by Crippen LogP contribution is 2.36. The lowest BCUT2D eigenvalue weighted by molar-refractivity contribution is -0.127. The molecule has 4 heterocycles. The van der Waals surface area contributed by atoms with Crippen molar-refractivity contribution in [2.45, 2.75) is 25.3 Å². The molecule has 5 rings (SSSR count). The minimum atomic E-state index is -0.504. The molecule has 0 radical (unpaired) electrons. The number of carbonyl (C=O) groups is 2. The van der Waals surface area contributed by atoms with Gasteiger partial charge in [0.2, 0.25) is 5.91 Å². The van der Waals surface area contributed by atoms with Gasteiger partial charge >= 0.3 is 0 Å². The predicted octanol–water partition coefficient (Wildman–Crippen LogP) is 3.41. The third-order valence-electron chi connectivity index (χ3n) is 6.72. The fourth-order valence-corrected chi connectivity index (χ4v) is 4.94. The minimum absolute atomic E-state index is 0.0653. The highest BCUT2D eigenvalue weighted by molar-refractivity contribution is 5.98. The zero-order valence-corrected chi connectivity index (χ0v) is 20.5. The number of hydrogen-bond donors (Lipinski definition) is 2. The molecule has 1 fully saturated rings. The van der Waals surface area contributed by atoms with E-state index in [0.29, 0.717) is 54.4 Å². The Hall–Kier alpha value is -4.34. The minimum Gasteiger partial charge on any atom is -0.492 e. The van der Waals surface area contributed by atoms with Crippen LogP contribution in [-0.4, -0.2) is 59.2 Å². The molecule has 2 amide bonds. The summed E-state index contributed by atoms with van der Waals surface area (Å²) in [5.41, 5.74) is 6.28. The van der Waals surface area contributed by atoms with Crippen LogP contribution in [0.2, 0.25) is 0 Å². The lowest BCUT2D eigenvalue weighted by Crippen LogP contribution is -2.38. The molecule has 2 aliphatic heterocycles. The van der Waals surface area contributed by atoms with E-state index in [2.05, 4.69) is 22.3 Å². The smallest absolute Gasteiger partial charge is 0.253 e. The summed E-state index contributed by atoms with van der Waals surface area (Å²) in [7, 11) is 1.40. The first-order valence-corrected chi connectivity index (χ1v) is 12.1. The van der Waals surface area contributed by atoms with Crippen molar-refractivity contribution in [2.75, 3.05) is 32.2 Å². The molecule has 2 N–H and O–H groups in total. The standard InChI is InChI=1S/C27H28FN5O4/c1-3-25(34)32-13-5-6-17(32)16-37-24-15-29-11-9-18(24)23-14-19-22(10-12-30-27(19)35)33(23)31-21-8-4-7-20(28)26(21)36-2/h3-4,7-9,11,14-15,17,31H,1,5-6,10,12-13,16H2,2H3,(H,30,35)/t17-/m0/s1. The summed E-state index contributed by atoms with van der Waals surface area (Å²) in [5, 5.41) is 2.87. The van der Waals surface area contributed by atoms with Gasteiger partial charge in [-0.1, -0.05) is 12.6 Å². The van der Waals surface area contributed by atoms with Crippen molar-refractivity contribution >= 4 is 17.5 Å². The third-order valence-corrected chi connectivity index (χ3v) is 6.72. The molecule has 1 atom stereocenters. The van der Waals surface area contributed by atoms with Crippen molar-refractivity contribution in [3.05, 3.63) is 72.5 Å². The molecule has 192 valence electrons. The van der Waals surface area contributed by atoms with Crippen LogP contribution in [0, 0.1) is 5.82 Å². The van der Waals surface area contributed by atoms with Crippen LogP contribution in [-0.2, 0) is 11.2 Å². The zero-order valence-electron chi connectivity index (χ0n) is 20.5. The average Bonchev–Trinajstić information content (AvgIpc) is 3.53. The van der Waals surface area contributed by atoms with Crippen LogP contribution in [0.3, 0.4) is 0 Å². The van der Waals surface area contributed by atoms with Gasteiger partial charge < -0.3 is 19.7 Å². The van der Waals surface area contributed by atoms with Gasteiger partial charge in [-0.3, -0.25) is 24.7 Å². The van der Waals surface area contributed by atoms with Crippen molar-refractivity contribution < 1.29 is 23.5 Å². The fourth-order valence-electron chi connectivity index (χ4n) is 4.94. The molecule has 0 spiro atoms. The molecule has 10 heteroatoms. The normalized spacial score (nSPS) is 16.6. The number of methoxy groups -OCH3 is 1. The van der Waals surface area contributed by atoms with Crippen LogP contribution < -0.4 is 20.2 Å². The number of benzene rings is 1. The van der Waals surface area contributed by atoms with Crippen LogP contribution in [0.5, 0.6) is 11.5 Å². The van der Waals surface area contributed by atoms with E-state index in [1.54, 1.807) is 46.2 Å². The highest BCUT2D eigenvalue weighted by Gasteiger charge is 2.29. The van der Waals surface area contributed by atoms with Gasteiger partial charge in [-0.25, -0.2) is 4.39 Å². The lowest BCUT2D eigenvalue weighted by Gasteiger charge is -2.24. The average molecular weight is 506 g/mol. The molecular weight excluding hydrogens is 477 g/mol. The number of ether oxygens (including phenoxy) is 2. The molecule has 37 heavy (non-hydrogen) atoms. The molecule has 0 unspecified atom stereocenters. The molecule has 2 aliphatic rings. The van der Waals surface area contributed by atoms with Crippen LogP contribution >= 0.6 is 0 Å². The summed E-state index contributed by atoms with van der Waals surface area (Å²) in [6.45, 7) is 5.04. The van der Waals surface area contributed by atoms with Gasteiger partial charge in [-0.2, -0.15) is 0 Å². The van der Waals surface area contributed by atoms with E-state index in [4.69, 9.17) is 9.47 Å². The van der Waals surface area contributed by atoms with Crippen molar-refractivity contribution in [2.24, 2.45) is 0 Å². The maximum Gasteiger partial charge on any atom is 0.253 e. The number of halogens is 1. The number of nitrogens with one attached hydrogen (secondary N) is 2. The SMILES string of the molecule is C=CC(=O)N1CCC[C@H]1COc1cnccc1-c1cc2c(n1Nc1cccc(F)c1OC)CCNC2=O. The summed E-state index contributed by atoms with van der Waals surface area (Å²) >= 11 is 0. The summed E-state index contributed by atoms with van der Waals surface area (Å²) in [4.78, 5) is 30.9. The Labute approximate surface area is 213 Å². The van der Waals surface area contributed by atoms with Crippen LogP contribution in [0.25, 0.3) is 11.3 Å². The highest BCUT2D eigenvalue weighted by atomic mass is 19.1. The number of aromatic nitrogens is 2. The van der Waals surface area contributed by atoms with E-state index in [-0.39, 0.29) is 23.6 Å². The molecule has 2 aromatic heterocycles. The van der Waals surface area contributed by atoms with E-state index >= 15 is 0 Å². The Morgan fingerprint density at radius 1 is 1.35 bits per heavy atom. The first kappa shape index (κ1) is 24.4. The van der Waals surface area contributed by atoms with Gasteiger partial charge in [0, 0.05) is 31.3 Å². The quantitative estimate of drug-likeness (QED) is 0.456. The number of rotatable bonds is 8. The van der Waals surface area contributed by atoms with Gasteiger partial charge in [0.15, 0.2) is 11.6 Å². The summed E-state index contributed by atoms with van der Waals surface area (Å²) in [6, 6.07) is 8.13. The fraction of sp³-hybridized carbons (Fsp3) is 0.296. The van der Waals surface area contributed by atoms with Crippen molar-refractivity contribution in [1.29, 1.82) is 0 Å². The number of hydrogen-bond acceptors (Lipinski definition) is 6. The summed E-state index contributed by atoms with van der Waals surface area (Å²) in [6.07, 6.45) is 6.89. The Morgan fingerprint density at radius 2 is 2.22 bits per heavy atom. The summed E-state index contributed by atoms with van der Waals surface area (Å²) in [5.74, 6) is -0.231. The predicted molar refractivity (Wildman–Crippen MR) is 136 cm³/mol. The van der Waals surface area contributed by atoms with E-state index in [9.17, 15) is 14.0 Å².